The first kappa shape index (κ1) is 23.0. The molecule has 0 unspecified atom stereocenters. The molecule has 0 atom stereocenters. The van der Waals surface area contributed by atoms with E-state index in [0.29, 0.717) is 30.4 Å². The molecule has 36 heavy (non-hydrogen) atoms. The molecule has 2 N–H and O–H groups in total. The molecular weight excluding hydrogens is 460 g/mol. The Bertz CT molecular complexity index is 1550. The topological polar surface area (TPSA) is 132 Å². The molecule has 11 heteroatoms. The van der Waals surface area contributed by atoms with Gasteiger partial charge in [0.05, 0.1) is 23.1 Å². The van der Waals surface area contributed by atoms with E-state index in [1.54, 1.807) is 40.6 Å². The number of aryl methyl sites for hydroxylation is 2. The second-order valence-corrected chi connectivity index (χ2v) is 8.52. The fourth-order valence-corrected chi connectivity index (χ4v) is 4.47. The molecule has 4 aromatic rings. The molecule has 182 valence electrons. The van der Waals surface area contributed by atoms with Gasteiger partial charge >= 0.3 is 11.7 Å². The van der Waals surface area contributed by atoms with Gasteiger partial charge in [0, 0.05) is 32.5 Å². The Morgan fingerprint density at radius 2 is 1.69 bits per heavy atom. The van der Waals surface area contributed by atoms with Gasteiger partial charge in [-0.1, -0.05) is 12.1 Å². The quantitative estimate of drug-likeness (QED) is 0.462. The van der Waals surface area contributed by atoms with E-state index in [1.807, 2.05) is 37.3 Å². The lowest BCUT2D eigenvalue weighted by molar-refractivity contribution is 0.1000. The number of anilines is 2. The second kappa shape index (κ2) is 8.77. The predicted octanol–water partition coefficient (Wildman–Crippen LogP) is 2.19. The van der Waals surface area contributed by atoms with Crippen molar-refractivity contribution in [3.63, 3.8) is 0 Å². The van der Waals surface area contributed by atoms with Crippen molar-refractivity contribution >= 4 is 23.4 Å². The molecule has 1 aromatic carbocycles. The van der Waals surface area contributed by atoms with Crippen molar-refractivity contribution in [3.8, 4) is 16.8 Å². The molecule has 1 aliphatic heterocycles. The Labute approximate surface area is 206 Å². The zero-order valence-corrected chi connectivity index (χ0v) is 20.0. The minimum absolute atomic E-state index is 0.212. The van der Waals surface area contributed by atoms with E-state index < -0.39 is 5.91 Å². The molecule has 1 saturated heterocycles. The molecule has 1 aliphatic rings. The van der Waals surface area contributed by atoms with E-state index in [9.17, 15) is 14.4 Å². The summed E-state index contributed by atoms with van der Waals surface area (Å²) in [4.78, 5) is 48.9. The van der Waals surface area contributed by atoms with Crippen molar-refractivity contribution in [3.05, 3.63) is 82.4 Å². The Morgan fingerprint density at radius 1 is 0.972 bits per heavy atom. The molecular formula is C25H24N8O3. The number of primary amides is 1. The van der Waals surface area contributed by atoms with E-state index >= 15 is 0 Å². The summed E-state index contributed by atoms with van der Waals surface area (Å²) in [5, 5.41) is 4.18. The van der Waals surface area contributed by atoms with E-state index in [-0.39, 0.29) is 17.3 Å². The number of hydrogen-bond acceptors (Lipinski definition) is 6. The van der Waals surface area contributed by atoms with Gasteiger partial charge in [-0.2, -0.15) is 5.10 Å². The lowest BCUT2D eigenvalue weighted by Crippen LogP contribution is -2.33. The average Bonchev–Trinajstić information content (AvgIpc) is 3.37. The van der Waals surface area contributed by atoms with Crippen molar-refractivity contribution in [2.75, 3.05) is 22.9 Å². The summed E-state index contributed by atoms with van der Waals surface area (Å²) >= 11 is 0. The number of amides is 3. The number of benzene rings is 1. The van der Waals surface area contributed by atoms with Gasteiger partial charge in [0.15, 0.2) is 0 Å². The summed E-state index contributed by atoms with van der Waals surface area (Å²) in [6.45, 7) is 4.55. The average molecular weight is 485 g/mol. The normalized spacial score (nSPS) is 13.5. The van der Waals surface area contributed by atoms with Crippen LogP contribution in [0.3, 0.4) is 0 Å². The van der Waals surface area contributed by atoms with E-state index in [4.69, 9.17) is 5.73 Å². The molecule has 0 aliphatic carbocycles. The summed E-state index contributed by atoms with van der Waals surface area (Å²) in [5.74, 6) is 0.557. The Balaban J connectivity index is 1.44. The van der Waals surface area contributed by atoms with Crippen molar-refractivity contribution in [2.45, 2.75) is 13.8 Å². The fourth-order valence-electron chi connectivity index (χ4n) is 4.47. The van der Waals surface area contributed by atoms with Crippen LogP contribution in [0, 0.1) is 13.8 Å². The number of hydrogen-bond donors (Lipinski definition) is 1. The lowest BCUT2D eigenvalue weighted by atomic mass is 10.0. The summed E-state index contributed by atoms with van der Waals surface area (Å²) in [7, 11) is 1.62. The monoisotopic (exact) mass is 484 g/mol. The van der Waals surface area contributed by atoms with Gasteiger partial charge in [-0.25, -0.2) is 23.8 Å². The second-order valence-electron chi connectivity index (χ2n) is 8.52. The third kappa shape index (κ3) is 3.80. The highest BCUT2D eigenvalue weighted by molar-refractivity contribution is 6.06. The maximum atomic E-state index is 13.3. The number of rotatable bonds is 5. The van der Waals surface area contributed by atoms with E-state index in [2.05, 4.69) is 15.1 Å². The first-order valence-electron chi connectivity index (χ1n) is 11.3. The minimum Gasteiger partial charge on any atom is -0.366 e. The van der Waals surface area contributed by atoms with Crippen LogP contribution in [0.5, 0.6) is 0 Å². The van der Waals surface area contributed by atoms with Crippen LogP contribution in [0.4, 0.5) is 16.3 Å². The van der Waals surface area contributed by atoms with Crippen LogP contribution in [0.2, 0.25) is 0 Å². The minimum atomic E-state index is -0.604. The van der Waals surface area contributed by atoms with Gasteiger partial charge in [-0.05, 0) is 54.8 Å². The number of carbonyl (C=O) groups excluding carboxylic acids is 2. The highest BCUT2D eigenvalue weighted by Crippen LogP contribution is 2.32. The van der Waals surface area contributed by atoms with Gasteiger partial charge in [-0.3, -0.25) is 19.6 Å². The Hall–Kier alpha value is -4.80. The molecule has 4 heterocycles. The standard InChI is InChI=1S/C25H24N8O3/c1-15-21(17-4-6-19(7-5-17)33-16(2)29-30(3)24(33)35)8-9-28-23(15)32-11-10-31(25(32)36)20-12-18(22(26)34)13-27-14-20/h4-9,12-14H,10-11H2,1-3H3,(H2,26,34). The summed E-state index contributed by atoms with van der Waals surface area (Å²) in [5.41, 5.74) is 9.31. The van der Waals surface area contributed by atoms with Crippen LogP contribution < -0.4 is 21.2 Å². The molecule has 3 aromatic heterocycles. The van der Waals surface area contributed by atoms with Crippen LogP contribution in [-0.4, -0.2) is 49.3 Å². The first-order chi connectivity index (χ1) is 17.3. The highest BCUT2D eigenvalue weighted by Gasteiger charge is 2.33. The third-order valence-electron chi connectivity index (χ3n) is 6.29. The van der Waals surface area contributed by atoms with Crippen LogP contribution in [-0.2, 0) is 7.05 Å². The van der Waals surface area contributed by atoms with Gasteiger partial charge < -0.3 is 5.73 Å². The third-order valence-corrected chi connectivity index (χ3v) is 6.29. The number of urea groups is 1. The molecule has 11 nitrogen and oxygen atoms in total. The summed E-state index contributed by atoms with van der Waals surface area (Å²) in [6.07, 6.45) is 4.57. The number of pyridine rings is 2. The number of aromatic nitrogens is 5. The molecule has 3 amide bonds. The van der Waals surface area contributed by atoms with Crippen LogP contribution in [0.15, 0.2) is 59.8 Å². The number of nitrogens with two attached hydrogens (primary N) is 1. The Morgan fingerprint density at radius 3 is 2.36 bits per heavy atom. The van der Waals surface area contributed by atoms with E-state index in [1.165, 1.54) is 17.1 Å². The molecule has 0 spiro atoms. The first-order valence-corrected chi connectivity index (χ1v) is 11.3. The SMILES string of the molecule is Cc1c(-c2ccc(-n3c(C)nn(C)c3=O)cc2)ccnc1N1CCN(c2cncc(C(N)=O)c2)C1=O. The molecule has 1 fully saturated rings. The Kier molecular flexibility index (Phi) is 5.59. The predicted molar refractivity (Wildman–Crippen MR) is 134 cm³/mol. The number of carbonyl (C=O) groups is 2. The van der Waals surface area contributed by atoms with Gasteiger partial charge in [-0.15, -0.1) is 0 Å². The molecule has 0 bridgehead atoms. The molecule has 5 rings (SSSR count). The lowest BCUT2D eigenvalue weighted by Gasteiger charge is -2.20. The van der Waals surface area contributed by atoms with Crippen molar-refractivity contribution in [1.82, 2.24) is 24.3 Å². The van der Waals surface area contributed by atoms with Crippen molar-refractivity contribution in [1.29, 1.82) is 0 Å². The van der Waals surface area contributed by atoms with Gasteiger partial charge in [0.2, 0.25) is 5.91 Å². The van der Waals surface area contributed by atoms with Gasteiger partial charge in [0.25, 0.3) is 0 Å². The zero-order valence-electron chi connectivity index (χ0n) is 20.0. The number of nitrogens with zero attached hydrogens (tertiary/aromatic N) is 7. The molecule has 0 saturated carbocycles. The van der Waals surface area contributed by atoms with Gasteiger partial charge in [0.1, 0.15) is 11.6 Å². The van der Waals surface area contributed by atoms with Crippen LogP contribution >= 0.6 is 0 Å². The maximum Gasteiger partial charge on any atom is 0.350 e. The van der Waals surface area contributed by atoms with Crippen LogP contribution in [0.25, 0.3) is 16.8 Å². The maximum absolute atomic E-state index is 13.3. The zero-order chi connectivity index (χ0) is 25.6. The van der Waals surface area contributed by atoms with Crippen molar-refractivity contribution in [2.24, 2.45) is 12.8 Å². The fraction of sp³-hybridized carbons (Fsp3) is 0.200. The molecule has 0 radical (unpaired) electrons. The summed E-state index contributed by atoms with van der Waals surface area (Å²) < 4.78 is 2.85. The van der Waals surface area contributed by atoms with E-state index in [0.717, 1.165) is 22.4 Å². The summed E-state index contributed by atoms with van der Waals surface area (Å²) in [6, 6.07) is 10.8. The van der Waals surface area contributed by atoms with Crippen LogP contribution in [0.1, 0.15) is 21.7 Å². The van der Waals surface area contributed by atoms with Crippen molar-refractivity contribution < 1.29 is 9.59 Å². The smallest absolute Gasteiger partial charge is 0.350 e. The highest BCUT2D eigenvalue weighted by atomic mass is 16.2. The largest absolute Gasteiger partial charge is 0.366 e.